The Balaban J connectivity index is 1.57. The summed E-state index contributed by atoms with van der Waals surface area (Å²) in [6.45, 7) is 7.23. The molecule has 1 aromatic heterocycles. The van der Waals surface area contributed by atoms with Crippen LogP contribution in [0.15, 0.2) is 47.1 Å². The first-order chi connectivity index (χ1) is 12.6. The van der Waals surface area contributed by atoms with Gasteiger partial charge in [0.25, 0.3) is 5.91 Å². The van der Waals surface area contributed by atoms with Crippen LogP contribution in [0.4, 0.5) is 5.69 Å². The van der Waals surface area contributed by atoms with Crippen molar-refractivity contribution < 1.29 is 19.4 Å². The van der Waals surface area contributed by atoms with Crippen molar-refractivity contribution in [2.24, 2.45) is 0 Å². The fraction of sp³-hybridized carbons (Fsp3) is 0.476. The number of benzene rings is 1. The first-order valence-electron chi connectivity index (χ1n) is 9.72. The number of rotatable bonds is 7. The van der Waals surface area contributed by atoms with Crippen LogP contribution in [0.1, 0.15) is 43.6 Å². The Morgan fingerprint density at radius 3 is 2.58 bits per heavy atom. The SMILES string of the molecule is Cc1ccc(NC(=O)[C@H](C)[NH2+]C[C@@H](c2ccco2)[NH+]2CCCCC2)cc1. The van der Waals surface area contributed by atoms with Crippen LogP contribution in [-0.2, 0) is 4.79 Å². The Labute approximate surface area is 155 Å². The van der Waals surface area contributed by atoms with Crippen LogP contribution in [0.3, 0.4) is 0 Å². The lowest BCUT2D eigenvalue weighted by Crippen LogP contribution is -3.16. The molecule has 3 rings (SSSR count). The monoisotopic (exact) mass is 357 g/mol. The number of amides is 1. The van der Waals surface area contributed by atoms with Gasteiger partial charge in [-0.05, 0) is 57.4 Å². The van der Waals surface area contributed by atoms with Gasteiger partial charge in [-0.2, -0.15) is 0 Å². The van der Waals surface area contributed by atoms with Crippen LogP contribution >= 0.6 is 0 Å². The fourth-order valence-electron chi connectivity index (χ4n) is 3.67. The minimum absolute atomic E-state index is 0.0423. The summed E-state index contributed by atoms with van der Waals surface area (Å²) in [6.07, 6.45) is 5.62. The van der Waals surface area contributed by atoms with Gasteiger partial charge in [0, 0.05) is 5.69 Å². The number of carbonyl (C=O) groups is 1. The van der Waals surface area contributed by atoms with Gasteiger partial charge in [0.2, 0.25) is 0 Å². The number of furan rings is 1. The highest BCUT2D eigenvalue weighted by Crippen LogP contribution is 2.11. The smallest absolute Gasteiger partial charge is 0.282 e. The lowest BCUT2D eigenvalue weighted by molar-refractivity contribution is -0.951. The molecule has 1 aliphatic heterocycles. The van der Waals surface area contributed by atoms with E-state index < -0.39 is 0 Å². The number of hydrogen-bond donors (Lipinski definition) is 3. The Hall–Kier alpha value is -2.11. The Morgan fingerprint density at radius 1 is 1.19 bits per heavy atom. The molecule has 0 radical (unpaired) electrons. The molecule has 1 saturated heterocycles. The van der Waals surface area contributed by atoms with Gasteiger partial charge in [-0.1, -0.05) is 17.7 Å². The van der Waals surface area contributed by atoms with E-state index in [1.807, 2.05) is 44.2 Å². The number of carbonyl (C=O) groups excluding carboxylic acids is 1. The molecule has 1 aromatic carbocycles. The summed E-state index contributed by atoms with van der Waals surface area (Å²) in [7, 11) is 0. The van der Waals surface area contributed by atoms with Gasteiger partial charge >= 0.3 is 0 Å². The summed E-state index contributed by atoms with van der Waals surface area (Å²) in [4.78, 5) is 14.1. The number of likely N-dealkylation sites (tertiary alicyclic amines) is 1. The van der Waals surface area contributed by atoms with Crippen molar-refractivity contribution in [1.29, 1.82) is 0 Å². The predicted octanol–water partition coefficient (Wildman–Crippen LogP) is 1.29. The molecule has 5 heteroatoms. The number of aryl methyl sites for hydroxylation is 1. The highest BCUT2D eigenvalue weighted by atomic mass is 16.3. The second-order valence-corrected chi connectivity index (χ2v) is 7.40. The molecule has 2 heterocycles. The maximum absolute atomic E-state index is 12.5. The van der Waals surface area contributed by atoms with E-state index >= 15 is 0 Å². The summed E-state index contributed by atoms with van der Waals surface area (Å²) in [5.41, 5.74) is 2.04. The molecule has 0 unspecified atom stereocenters. The van der Waals surface area contributed by atoms with Crippen LogP contribution in [-0.4, -0.2) is 31.6 Å². The maximum atomic E-state index is 12.5. The number of anilines is 1. The summed E-state index contributed by atoms with van der Waals surface area (Å²) in [5, 5.41) is 5.14. The molecule has 1 amide bonds. The molecule has 0 bridgehead atoms. The molecule has 2 aromatic rings. The third-order valence-electron chi connectivity index (χ3n) is 5.33. The van der Waals surface area contributed by atoms with E-state index in [0.717, 1.165) is 18.0 Å². The highest BCUT2D eigenvalue weighted by molar-refractivity contribution is 5.93. The largest absolute Gasteiger partial charge is 0.463 e. The van der Waals surface area contributed by atoms with Gasteiger partial charge in [-0.25, -0.2) is 0 Å². The van der Waals surface area contributed by atoms with E-state index in [-0.39, 0.29) is 11.9 Å². The molecular weight excluding hydrogens is 326 g/mol. The molecule has 5 nitrogen and oxygen atoms in total. The first kappa shape index (κ1) is 18.7. The number of quaternary nitrogens is 2. The molecule has 26 heavy (non-hydrogen) atoms. The average molecular weight is 357 g/mol. The molecule has 0 saturated carbocycles. The first-order valence-corrected chi connectivity index (χ1v) is 9.72. The lowest BCUT2D eigenvalue weighted by atomic mass is 10.1. The van der Waals surface area contributed by atoms with Gasteiger partial charge in [0.15, 0.2) is 17.8 Å². The van der Waals surface area contributed by atoms with E-state index in [1.165, 1.54) is 37.9 Å². The van der Waals surface area contributed by atoms with Crippen molar-refractivity contribution in [3.63, 3.8) is 0 Å². The van der Waals surface area contributed by atoms with Gasteiger partial charge in [-0.15, -0.1) is 0 Å². The second kappa shape index (κ2) is 9.01. The Bertz CT molecular complexity index is 676. The van der Waals surface area contributed by atoms with E-state index in [4.69, 9.17) is 4.42 Å². The zero-order valence-corrected chi connectivity index (χ0v) is 15.8. The van der Waals surface area contributed by atoms with E-state index in [1.54, 1.807) is 11.2 Å². The van der Waals surface area contributed by atoms with Crippen molar-refractivity contribution in [2.45, 2.75) is 45.2 Å². The van der Waals surface area contributed by atoms with E-state index in [9.17, 15) is 4.79 Å². The third-order valence-corrected chi connectivity index (χ3v) is 5.33. The number of hydrogen-bond acceptors (Lipinski definition) is 2. The molecular formula is C21H31N3O2+2. The Morgan fingerprint density at radius 2 is 1.92 bits per heavy atom. The third kappa shape index (κ3) is 4.96. The zero-order valence-electron chi connectivity index (χ0n) is 15.8. The molecule has 0 aliphatic carbocycles. The van der Waals surface area contributed by atoms with Gasteiger partial charge in [0.05, 0.1) is 19.4 Å². The number of nitrogens with two attached hydrogens (primary N) is 1. The molecule has 140 valence electrons. The van der Waals surface area contributed by atoms with Gasteiger partial charge < -0.3 is 20.0 Å². The maximum Gasteiger partial charge on any atom is 0.282 e. The highest BCUT2D eigenvalue weighted by Gasteiger charge is 2.31. The normalized spacial score (nSPS) is 17.6. The fourth-order valence-corrected chi connectivity index (χ4v) is 3.67. The molecule has 1 fully saturated rings. The number of piperidine rings is 1. The van der Waals surface area contributed by atoms with Crippen LogP contribution in [0, 0.1) is 6.92 Å². The number of nitrogens with one attached hydrogen (secondary N) is 2. The van der Waals surface area contributed by atoms with Crippen LogP contribution < -0.4 is 15.5 Å². The Kier molecular flexibility index (Phi) is 6.47. The van der Waals surface area contributed by atoms with Crippen molar-refractivity contribution in [3.8, 4) is 0 Å². The van der Waals surface area contributed by atoms with Crippen LogP contribution in [0.5, 0.6) is 0 Å². The van der Waals surface area contributed by atoms with E-state index in [2.05, 4.69) is 16.7 Å². The van der Waals surface area contributed by atoms with Gasteiger partial charge in [0.1, 0.15) is 6.54 Å². The van der Waals surface area contributed by atoms with Crippen molar-refractivity contribution in [3.05, 3.63) is 54.0 Å². The van der Waals surface area contributed by atoms with Gasteiger partial charge in [-0.3, -0.25) is 4.79 Å². The topological polar surface area (TPSA) is 63.3 Å². The molecule has 1 aliphatic rings. The zero-order chi connectivity index (χ0) is 18.4. The standard InChI is InChI=1S/C21H29N3O2/c1-16-8-10-18(11-9-16)23-21(25)17(2)22-15-19(20-7-6-14-26-20)24-12-4-3-5-13-24/h6-11,14,17,19,22H,3-5,12-13,15H2,1-2H3,(H,23,25)/p+2/t17-,19-/m0/s1. The minimum atomic E-state index is -0.141. The molecule has 2 atom stereocenters. The lowest BCUT2D eigenvalue weighted by Gasteiger charge is -2.29. The predicted molar refractivity (Wildman–Crippen MR) is 102 cm³/mol. The van der Waals surface area contributed by atoms with Crippen LogP contribution in [0.25, 0.3) is 0 Å². The van der Waals surface area contributed by atoms with E-state index in [0.29, 0.717) is 6.04 Å². The molecule has 4 N–H and O–H groups in total. The summed E-state index contributed by atoms with van der Waals surface area (Å²) >= 11 is 0. The van der Waals surface area contributed by atoms with Crippen LogP contribution in [0.2, 0.25) is 0 Å². The van der Waals surface area contributed by atoms with Crippen molar-refractivity contribution in [2.75, 3.05) is 25.0 Å². The minimum Gasteiger partial charge on any atom is -0.463 e. The second-order valence-electron chi connectivity index (χ2n) is 7.40. The molecule has 0 spiro atoms. The average Bonchev–Trinajstić information content (AvgIpc) is 3.19. The summed E-state index contributed by atoms with van der Waals surface area (Å²) < 4.78 is 5.71. The summed E-state index contributed by atoms with van der Waals surface area (Å²) in [5.74, 6) is 1.07. The quantitative estimate of drug-likeness (QED) is 0.699. The van der Waals surface area contributed by atoms with Crippen molar-refractivity contribution in [1.82, 2.24) is 0 Å². The summed E-state index contributed by atoms with van der Waals surface area (Å²) in [6, 6.07) is 12.1. The van der Waals surface area contributed by atoms with Crippen molar-refractivity contribution >= 4 is 11.6 Å².